The lowest BCUT2D eigenvalue weighted by Gasteiger charge is -2.30. The maximum atomic E-state index is 13.4. The highest BCUT2D eigenvalue weighted by atomic mass is 19.3. The molecule has 3 rings (SSSR count). The molecule has 1 aliphatic rings. The molecule has 1 saturated carbocycles. The summed E-state index contributed by atoms with van der Waals surface area (Å²) in [6, 6.07) is 6.75. The Morgan fingerprint density at radius 3 is 2.83 bits per heavy atom. The number of alkyl halides is 2. The molecule has 23 heavy (non-hydrogen) atoms. The first-order valence-electron chi connectivity index (χ1n) is 7.84. The van der Waals surface area contributed by atoms with Crippen LogP contribution in [0.1, 0.15) is 38.1 Å². The number of hydrogen-bond acceptors (Lipinski definition) is 3. The largest absolute Gasteiger partial charge is 0.369 e. The summed E-state index contributed by atoms with van der Waals surface area (Å²) in [5, 5.41) is 3.21. The molecular formula is C16H20F2N4O. The van der Waals surface area contributed by atoms with Crippen LogP contribution in [0.5, 0.6) is 0 Å². The molecule has 0 radical (unpaired) electrons. The van der Waals surface area contributed by atoms with Crippen LogP contribution in [0.4, 0.5) is 8.78 Å². The molecule has 1 fully saturated rings. The number of rotatable bonds is 5. The minimum absolute atomic E-state index is 0.0767. The SMILES string of the molecule is NC(=O)[C@@H]1CCCC[C@H]1NCc1nc2ccccc2n1C(F)F. The number of carbonyl (C=O) groups is 1. The molecule has 0 bridgehead atoms. The van der Waals surface area contributed by atoms with Crippen LogP contribution < -0.4 is 11.1 Å². The number of benzene rings is 1. The quantitative estimate of drug-likeness (QED) is 0.888. The molecule has 124 valence electrons. The average molecular weight is 322 g/mol. The van der Waals surface area contributed by atoms with Crippen molar-refractivity contribution < 1.29 is 13.6 Å². The van der Waals surface area contributed by atoms with Crippen molar-refractivity contribution in [2.24, 2.45) is 11.7 Å². The summed E-state index contributed by atoms with van der Waals surface area (Å²) in [6.45, 7) is -2.47. The van der Waals surface area contributed by atoms with E-state index in [1.807, 2.05) is 0 Å². The van der Waals surface area contributed by atoms with Crippen LogP contribution in [-0.4, -0.2) is 21.5 Å². The number of nitrogens with two attached hydrogens (primary N) is 1. The van der Waals surface area contributed by atoms with Gasteiger partial charge in [0.05, 0.1) is 23.5 Å². The van der Waals surface area contributed by atoms with E-state index in [9.17, 15) is 13.6 Å². The third kappa shape index (κ3) is 3.19. The number of fused-ring (bicyclic) bond motifs is 1. The van der Waals surface area contributed by atoms with Crippen molar-refractivity contribution in [3.05, 3.63) is 30.1 Å². The number of nitrogens with zero attached hydrogens (tertiary/aromatic N) is 2. The van der Waals surface area contributed by atoms with Gasteiger partial charge in [-0.25, -0.2) is 4.98 Å². The molecule has 0 saturated heterocycles. The summed E-state index contributed by atoms with van der Waals surface area (Å²) in [6.07, 6.45) is 3.55. The van der Waals surface area contributed by atoms with Crippen LogP contribution in [0.15, 0.2) is 24.3 Å². The number of carbonyl (C=O) groups excluding carboxylic acids is 1. The van der Waals surface area contributed by atoms with Crippen LogP contribution in [0.25, 0.3) is 11.0 Å². The van der Waals surface area contributed by atoms with Gasteiger partial charge in [0.15, 0.2) is 0 Å². The van der Waals surface area contributed by atoms with Gasteiger partial charge in [0.1, 0.15) is 5.82 Å². The Morgan fingerprint density at radius 2 is 2.09 bits per heavy atom. The summed E-state index contributed by atoms with van der Waals surface area (Å²) in [7, 11) is 0. The Morgan fingerprint density at radius 1 is 1.35 bits per heavy atom. The highest BCUT2D eigenvalue weighted by molar-refractivity contribution is 5.77. The number of para-hydroxylation sites is 2. The molecule has 2 aromatic rings. The molecule has 1 amide bonds. The molecule has 1 aliphatic carbocycles. The first-order valence-corrected chi connectivity index (χ1v) is 7.84. The van der Waals surface area contributed by atoms with E-state index >= 15 is 0 Å². The lowest BCUT2D eigenvalue weighted by molar-refractivity contribution is -0.123. The highest BCUT2D eigenvalue weighted by Gasteiger charge is 2.29. The number of imidazole rings is 1. The van der Waals surface area contributed by atoms with Crippen molar-refractivity contribution in [3.8, 4) is 0 Å². The third-order valence-electron chi connectivity index (χ3n) is 4.52. The van der Waals surface area contributed by atoms with Gasteiger partial charge in [0, 0.05) is 6.04 Å². The lowest BCUT2D eigenvalue weighted by atomic mass is 9.84. The van der Waals surface area contributed by atoms with Gasteiger partial charge in [-0.2, -0.15) is 8.78 Å². The zero-order chi connectivity index (χ0) is 16.4. The maximum absolute atomic E-state index is 13.4. The Balaban J connectivity index is 1.81. The third-order valence-corrected chi connectivity index (χ3v) is 4.52. The van der Waals surface area contributed by atoms with Crippen molar-refractivity contribution in [1.82, 2.24) is 14.9 Å². The number of aromatic nitrogens is 2. The normalized spacial score (nSPS) is 21.9. The summed E-state index contributed by atoms with van der Waals surface area (Å²) in [5.41, 5.74) is 6.40. The van der Waals surface area contributed by atoms with Gasteiger partial charge in [0.25, 0.3) is 0 Å². The van der Waals surface area contributed by atoms with Gasteiger partial charge in [0.2, 0.25) is 5.91 Å². The molecule has 0 spiro atoms. The molecule has 1 heterocycles. The zero-order valence-corrected chi connectivity index (χ0v) is 12.7. The van der Waals surface area contributed by atoms with E-state index < -0.39 is 6.55 Å². The fourth-order valence-corrected chi connectivity index (χ4v) is 3.37. The fourth-order valence-electron chi connectivity index (χ4n) is 3.37. The Kier molecular flexibility index (Phi) is 4.56. The molecule has 1 aromatic carbocycles. The van der Waals surface area contributed by atoms with Gasteiger partial charge in [-0.1, -0.05) is 25.0 Å². The molecule has 1 aromatic heterocycles. The summed E-state index contributed by atoms with van der Waals surface area (Å²) < 4.78 is 27.7. The molecule has 0 unspecified atom stereocenters. The second-order valence-electron chi connectivity index (χ2n) is 5.95. The van der Waals surface area contributed by atoms with Crippen LogP contribution >= 0.6 is 0 Å². The number of primary amides is 1. The molecule has 3 N–H and O–H groups in total. The first kappa shape index (κ1) is 15.9. The number of amides is 1. The predicted molar refractivity (Wildman–Crippen MR) is 82.8 cm³/mol. The zero-order valence-electron chi connectivity index (χ0n) is 12.7. The van der Waals surface area contributed by atoms with E-state index in [4.69, 9.17) is 5.73 Å². The average Bonchev–Trinajstić information content (AvgIpc) is 2.91. The lowest BCUT2D eigenvalue weighted by Crippen LogP contribution is -2.44. The summed E-state index contributed by atoms with van der Waals surface area (Å²) >= 11 is 0. The van der Waals surface area contributed by atoms with Gasteiger partial charge < -0.3 is 11.1 Å². The number of nitrogens with one attached hydrogen (secondary N) is 1. The van der Waals surface area contributed by atoms with Crippen molar-refractivity contribution in [2.75, 3.05) is 0 Å². The monoisotopic (exact) mass is 322 g/mol. The highest BCUT2D eigenvalue weighted by Crippen LogP contribution is 2.26. The molecule has 5 nitrogen and oxygen atoms in total. The molecular weight excluding hydrogens is 302 g/mol. The topological polar surface area (TPSA) is 72.9 Å². The van der Waals surface area contributed by atoms with E-state index in [0.717, 1.165) is 30.3 Å². The summed E-state index contributed by atoms with van der Waals surface area (Å²) in [4.78, 5) is 15.8. The minimum atomic E-state index is -2.66. The van der Waals surface area contributed by atoms with Crippen LogP contribution in [0.3, 0.4) is 0 Å². The maximum Gasteiger partial charge on any atom is 0.320 e. The van der Waals surface area contributed by atoms with E-state index in [2.05, 4.69) is 10.3 Å². The van der Waals surface area contributed by atoms with Crippen LogP contribution in [0.2, 0.25) is 0 Å². The van der Waals surface area contributed by atoms with Gasteiger partial charge in [-0.3, -0.25) is 9.36 Å². The first-order chi connectivity index (χ1) is 11.1. The van der Waals surface area contributed by atoms with Crippen molar-refractivity contribution in [2.45, 2.75) is 44.8 Å². The van der Waals surface area contributed by atoms with Gasteiger partial charge in [-0.05, 0) is 25.0 Å². The van der Waals surface area contributed by atoms with E-state index in [1.165, 1.54) is 0 Å². The Hall–Kier alpha value is -2.02. The van der Waals surface area contributed by atoms with Gasteiger partial charge >= 0.3 is 6.55 Å². The minimum Gasteiger partial charge on any atom is -0.369 e. The van der Waals surface area contributed by atoms with Crippen LogP contribution in [0, 0.1) is 5.92 Å². The number of halogens is 2. The van der Waals surface area contributed by atoms with Crippen LogP contribution in [-0.2, 0) is 11.3 Å². The van der Waals surface area contributed by atoms with E-state index in [1.54, 1.807) is 24.3 Å². The van der Waals surface area contributed by atoms with Gasteiger partial charge in [-0.15, -0.1) is 0 Å². The fraction of sp³-hybridized carbons (Fsp3) is 0.500. The second-order valence-corrected chi connectivity index (χ2v) is 5.95. The predicted octanol–water partition coefficient (Wildman–Crippen LogP) is 2.57. The standard InChI is InChI=1S/C16H20F2N4O/c17-16(18)22-13-8-4-3-7-12(13)21-14(22)9-20-11-6-2-1-5-10(11)15(19)23/h3-4,7-8,10-11,16,20H,1-2,5-6,9H2,(H2,19,23)/t10-,11-/m1/s1. The van der Waals surface area contributed by atoms with Crippen molar-refractivity contribution in [3.63, 3.8) is 0 Å². The second kappa shape index (κ2) is 6.62. The number of hydrogen-bond donors (Lipinski definition) is 2. The molecule has 2 atom stereocenters. The summed E-state index contributed by atoms with van der Waals surface area (Å²) in [5.74, 6) is -0.298. The Bertz CT molecular complexity index is 700. The smallest absolute Gasteiger partial charge is 0.320 e. The molecule has 7 heteroatoms. The van der Waals surface area contributed by atoms with E-state index in [0.29, 0.717) is 11.0 Å². The van der Waals surface area contributed by atoms with Crippen molar-refractivity contribution >= 4 is 16.9 Å². The van der Waals surface area contributed by atoms with E-state index in [-0.39, 0.29) is 30.2 Å². The Labute approximate surface area is 132 Å². The van der Waals surface area contributed by atoms with Crippen molar-refractivity contribution in [1.29, 1.82) is 0 Å². The molecule has 0 aliphatic heterocycles.